The topological polar surface area (TPSA) is 75.7 Å². The van der Waals surface area contributed by atoms with E-state index in [9.17, 15) is 17.6 Å². The van der Waals surface area contributed by atoms with Crippen molar-refractivity contribution in [3.8, 4) is 5.75 Å². The highest BCUT2D eigenvalue weighted by atomic mass is 35.5. The minimum absolute atomic E-state index is 0.0453. The number of sulfonamides is 1. The average molecular weight is 421 g/mol. The van der Waals surface area contributed by atoms with Crippen LogP contribution in [0.4, 0.5) is 4.39 Å². The van der Waals surface area contributed by atoms with E-state index in [0.29, 0.717) is 4.34 Å². The van der Waals surface area contributed by atoms with Gasteiger partial charge in [-0.1, -0.05) is 23.7 Å². The minimum Gasteiger partial charge on any atom is -0.488 e. The maximum absolute atomic E-state index is 13.5. The zero-order valence-corrected chi connectivity index (χ0v) is 16.5. The summed E-state index contributed by atoms with van der Waals surface area (Å²) in [6.07, 6.45) is 0. The predicted molar refractivity (Wildman–Crippen MR) is 98.6 cm³/mol. The van der Waals surface area contributed by atoms with Gasteiger partial charge in [-0.15, -0.1) is 11.3 Å². The molecule has 0 bridgehead atoms. The number of halogens is 2. The van der Waals surface area contributed by atoms with Gasteiger partial charge in [0, 0.05) is 7.05 Å². The van der Waals surface area contributed by atoms with Crippen molar-refractivity contribution in [3.05, 3.63) is 46.6 Å². The Kier molecular flexibility index (Phi) is 6.99. The van der Waals surface area contributed by atoms with Crippen LogP contribution in [0.2, 0.25) is 4.34 Å². The van der Waals surface area contributed by atoms with Gasteiger partial charge in [0.05, 0.1) is 16.9 Å². The Balaban J connectivity index is 1.86. The summed E-state index contributed by atoms with van der Waals surface area (Å²) in [5.74, 6) is -0.905. The fourth-order valence-electron chi connectivity index (χ4n) is 2.02. The summed E-state index contributed by atoms with van der Waals surface area (Å²) < 4.78 is 44.8. The van der Waals surface area contributed by atoms with Gasteiger partial charge in [0.1, 0.15) is 10.8 Å². The van der Waals surface area contributed by atoms with Crippen molar-refractivity contribution < 1.29 is 22.3 Å². The highest BCUT2D eigenvalue weighted by molar-refractivity contribution is 7.91. The monoisotopic (exact) mass is 420 g/mol. The summed E-state index contributed by atoms with van der Waals surface area (Å²) in [4.78, 5) is 12.1. The smallest absolute Gasteiger partial charge is 0.252 e. The van der Waals surface area contributed by atoms with Crippen molar-refractivity contribution in [2.75, 3.05) is 20.2 Å². The molecule has 2 rings (SSSR count). The van der Waals surface area contributed by atoms with Crippen molar-refractivity contribution in [1.29, 1.82) is 0 Å². The fraction of sp³-hybridized carbons (Fsp3) is 0.312. The van der Waals surface area contributed by atoms with E-state index in [1.54, 1.807) is 19.1 Å². The van der Waals surface area contributed by atoms with E-state index in [0.717, 1.165) is 15.6 Å². The maximum Gasteiger partial charge on any atom is 0.252 e. The van der Waals surface area contributed by atoms with Gasteiger partial charge in [-0.2, -0.15) is 4.31 Å². The fourth-order valence-corrected chi connectivity index (χ4v) is 4.84. The number of hydrogen-bond acceptors (Lipinski definition) is 5. The van der Waals surface area contributed by atoms with E-state index in [4.69, 9.17) is 16.3 Å². The third kappa shape index (κ3) is 5.41. The number of para-hydroxylation sites is 1. The quantitative estimate of drug-likeness (QED) is 0.712. The van der Waals surface area contributed by atoms with E-state index >= 15 is 0 Å². The number of thiophene rings is 1. The molecule has 1 aromatic carbocycles. The minimum atomic E-state index is -3.78. The third-order valence-electron chi connectivity index (χ3n) is 3.31. The van der Waals surface area contributed by atoms with Gasteiger partial charge in [0.2, 0.25) is 5.91 Å². The molecule has 142 valence electrons. The van der Waals surface area contributed by atoms with Crippen molar-refractivity contribution >= 4 is 38.9 Å². The number of rotatable bonds is 8. The Bertz CT molecular complexity index is 873. The van der Waals surface area contributed by atoms with Crippen LogP contribution in [0.15, 0.2) is 40.6 Å². The number of carbonyl (C=O) groups excluding carboxylic acids is 1. The van der Waals surface area contributed by atoms with Crippen LogP contribution in [0.5, 0.6) is 5.75 Å². The zero-order chi connectivity index (χ0) is 19.3. The Labute approximate surface area is 160 Å². The van der Waals surface area contributed by atoms with E-state index in [2.05, 4.69) is 5.32 Å². The molecule has 0 fully saturated rings. The van der Waals surface area contributed by atoms with Gasteiger partial charge in [0.25, 0.3) is 10.0 Å². The molecule has 1 unspecified atom stereocenters. The second-order valence-corrected chi connectivity index (χ2v) is 9.52. The van der Waals surface area contributed by atoms with Crippen LogP contribution in [0.25, 0.3) is 0 Å². The van der Waals surface area contributed by atoms with Gasteiger partial charge < -0.3 is 10.1 Å². The summed E-state index contributed by atoms with van der Waals surface area (Å²) in [6.45, 7) is 1.36. The van der Waals surface area contributed by atoms with Crippen LogP contribution in [0.3, 0.4) is 0 Å². The van der Waals surface area contributed by atoms with Crippen LogP contribution >= 0.6 is 22.9 Å². The molecule has 1 N–H and O–H groups in total. The molecule has 1 heterocycles. The maximum atomic E-state index is 13.5. The number of amides is 1. The molecular weight excluding hydrogens is 403 g/mol. The highest BCUT2D eigenvalue weighted by Gasteiger charge is 2.25. The normalized spacial score (nSPS) is 12.8. The standard InChI is InChI=1S/C16H18ClFN2O4S2/c1-11(10-24-13-6-4-3-5-12(13)18)19-15(21)9-20(2)26(22,23)16-8-7-14(17)25-16/h3-8,11H,9-10H2,1-2H3,(H,19,21). The van der Waals surface area contributed by atoms with Crippen LogP contribution in [0.1, 0.15) is 6.92 Å². The first-order chi connectivity index (χ1) is 12.2. The SMILES string of the molecule is CC(COc1ccccc1F)NC(=O)CN(C)S(=O)(=O)c1ccc(Cl)s1. The second-order valence-electron chi connectivity index (χ2n) is 5.53. The Hall–Kier alpha value is -1.68. The molecule has 0 aliphatic carbocycles. The molecule has 2 aromatic rings. The lowest BCUT2D eigenvalue weighted by molar-refractivity contribution is -0.121. The van der Waals surface area contributed by atoms with Crippen LogP contribution in [-0.4, -0.2) is 44.9 Å². The van der Waals surface area contributed by atoms with Gasteiger partial charge in [-0.3, -0.25) is 4.79 Å². The first kappa shape index (κ1) is 20.6. The molecule has 0 saturated carbocycles. The highest BCUT2D eigenvalue weighted by Crippen LogP contribution is 2.27. The lowest BCUT2D eigenvalue weighted by Gasteiger charge is -2.19. The molecule has 0 radical (unpaired) electrons. The lowest BCUT2D eigenvalue weighted by atomic mass is 10.3. The summed E-state index contributed by atoms with van der Waals surface area (Å²) in [6, 6.07) is 8.37. The number of nitrogens with zero attached hydrogens (tertiary/aromatic N) is 1. The van der Waals surface area contributed by atoms with Gasteiger partial charge >= 0.3 is 0 Å². The molecule has 1 amide bonds. The summed E-state index contributed by atoms with van der Waals surface area (Å²) >= 11 is 6.68. The molecule has 0 aliphatic heterocycles. The summed E-state index contributed by atoms with van der Waals surface area (Å²) in [5.41, 5.74) is 0. The first-order valence-corrected chi connectivity index (χ1v) is 10.2. The molecule has 0 saturated heterocycles. The summed E-state index contributed by atoms with van der Waals surface area (Å²) in [7, 11) is -2.48. The van der Waals surface area contributed by atoms with Crippen LogP contribution < -0.4 is 10.1 Å². The second kappa shape index (κ2) is 8.81. The van der Waals surface area contributed by atoms with Gasteiger partial charge in [0.15, 0.2) is 11.6 Å². The molecule has 0 spiro atoms. The van der Waals surface area contributed by atoms with Crippen molar-refractivity contribution in [3.63, 3.8) is 0 Å². The van der Waals surface area contributed by atoms with E-state index in [1.165, 1.54) is 31.3 Å². The number of carbonyl (C=O) groups is 1. The molecule has 26 heavy (non-hydrogen) atoms. The molecule has 1 aromatic heterocycles. The van der Waals surface area contributed by atoms with Crippen LogP contribution in [-0.2, 0) is 14.8 Å². The lowest BCUT2D eigenvalue weighted by Crippen LogP contribution is -2.43. The molecule has 10 heteroatoms. The molecule has 6 nitrogen and oxygen atoms in total. The van der Waals surface area contributed by atoms with Gasteiger partial charge in [-0.05, 0) is 31.2 Å². The molecule has 1 atom stereocenters. The third-order valence-corrected chi connectivity index (χ3v) is 6.81. The Morgan fingerprint density at radius 3 is 2.65 bits per heavy atom. The number of benzene rings is 1. The molecular formula is C16H18ClFN2O4S2. The first-order valence-electron chi connectivity index (χ1n) is 7.58. The number of nitrogens with one attached hydrogen (secondary N) is 1. The average Bonchev–Trinajstić information content (AvgIpc) is 3.01. The number of likely N-dealkylation sites (N-methyl/N-ethyl adjacent to an activating group) is 1. The summed E-state index contributed by atoms with van der Waals surface area (Å²) in [5, 5.41) is 2.61. The van der Waals surface area contributed by atoms with Crippen molar-refractivity contribution in [2.24, 2.45) is 0 Å². The molecule has 0 aliphatic rings. The van der Waals surface area contributed by atoms with Gasteiger partial charge in [-0.25, -0.2) is 12.8 Å². The Morgan fingerprint density at radius 1 is 1.35 bits per heavy atom. The predicted octanol–water partition coefficient (Wildman–Crippen LogP) is 2.74. The van der Waals surface area contributed by atoms with E-state index in [1.807, 2.05) is 0 Å². The zero-order valence-electron chi connectivity index (χ0n) is 14.1. The number of hydrogen-bond donors (Lipinski definition) is 1. The van der Waals surface area contributed by atoms with E-state index in [-0.39, 0.29) is 23.1 Å². The largest absolute Gasteiger partial charge is 0.488 e. The number of ether oxygens (including phenoxy) is 1. The van der Waals surface area contributed by atoms with Crippen molar-refractivity contribution in [2.45, 2.75) is 17.2 Å². The van der Waals surface area contributed by atoms with E-state index < -0.39 is 27.8 Å². The van der Waals surface area contributed by atoms with Crippen LogP contribution in [0, 0.1) is 5.82 Å². The van der Waals surface area contributed by atoms with Crippen molar-refractivity contribution in [1.82, 2.24) is 9.62 Å². The Morgan fingerprint density at radius 2 is 2.04 bits per heavy atom.